The van der Waals surface area contributed by atoms with Crippen molar-refractivity contribution in [1.82, 2.24) is 0 Å². The van der Waals surface area contributed by atoms with E-state index in [2.05, 4.69) is 22.3 Å². The number of hydrogen-bond donors (Lipinski definition) is 0. The third-order valence-electron chi connectivity index (χ3n) is 15.2. The van der Waals surface area contributed by atoms with E-state index in [1.165, 1.54) is 11.5 Å². The summed E-state index contributed by atoms with van der Waals surface area (Å²) in [6.07, 6.45) is 39.1. The van der Waals surface area contributed by atoms with Crippen molar-refractivity contribution >= 4 is 49.9 Å². The molecule has 0 radical (unpaired) electrons. The van der Waals surface area contributed by atoms with Gasteiger partial charge in [-0.25, -0.2) is 0 Å². The molecule has 6 heteroatoms. The molecule has 1 saturated heterocycles. The molecule has 2 atom stereocenters. The van der Waals surface area contributed by atoms with E-state index in [1.807, 2.05) is 0 Å². The van der Waals surface area contributed by atoms with E-state index < -0.39 is 7.83 Å². The summed E-state index contributed by atoms with van der Waals surface area (Å²) in [7, 11) is 1.01. The zero-order chi connectivity index (χ0) is 27.2. The van der Waals surface area contributed by atoms with Crippen LogP contribution in [0.4, 0.5) is 0 Å². The zero-order valence-corrected chi connectivity index (χ0v) is 34.9. The minimum absolute atomic E-state index is 0.384. The topological polar surface area (TPSA) is 0 Å². The van der Waals surface area contributed by atoms with Crippen molar-refractivity contribution in [2.75, 3.05) is 0 Å². The lowest BCUT2D eigenvalue weighted by molar-refractivity contribution is 0.382. The lowest BCUT2D eigenvalue weighted by Gasteiger charge is -2.54. The van der Waals surface area contributed by atoms with Crippen molar-refractivity contribution in [3.05, 3.63) is 22.3 Å². The van der Waals surface area contributed by atoms with Crippen molar-refractivity contribution in [2.24, 2.45) is 29.6 Å². The molecule has 0 aromatic rings. The van der Waals surface area contributed by atoms with Crippen LogP contribution in [0, 0.1) is 29.6 Å². The van der Waals surface area contributed by atoms with Crippen LogP contribution in [-0.4, -0.2) is 49.9 Å². The quantitative estimate of drug-likeness (QED) is 0.288. The normalized spacial score (nSPS) is 37.8. The first-order valence-electron chi connectivity index (χ1n) is 19.9. The molecule has 7 fully saturated rings. The summed E-state index contributed by atoms with van der Waals surface area (Å²) in [5.41, 5.74) is 10.9. The Balaban J connectivity index is 1.41. The van der Waals surface area contributed by atoms with Crippen molar-refractivity contribution in [2.45, 2.75) is 165 Å². The summed E-state index contributed by atoms with van der Waals surface area (Å²) in [6, 6.07) is 0. The molecule has 0 nitrogen and oxygen atoms in total. The zero-order valence-electron chi connectivity index (χ0n) is 26.9. The molecule has 8 aliphatic rings. The first kappa shape index (κ1) is 29.2. The highest BCUT2D eigenvalue weighted by Crippen LogP contribution is 2.72. The Morgan fingerprint density at radius 1 is 0.439 bits per heavy atom. The fraction of sp³-hybridized carbons (Fsp3) is 0.886. The Morgan fingerprint density at radius 3 is 1.32 bits per heavy atom. The fourth-order valence-electron chi connectivity index (χ4n) is 13.9. The second kappa shape index (κ2) is 12.9. The molecule has 0 aromatic carbocycles. The molecule has 0 bridgehead atoms. The summed E-state index contributed by atoms with van der Waals surface area (Å²) in [6.45, 7) is 0. The molecule has 0 N–H and O–H groups in total. The molecule has 228 valence electrons. The highest BCUT2D eigenvalue weighted by molar-refractivity contribution is 7.84. The molecule has 0 aromatic heterocycles. The van der Waals surface area contributed by atoms with E-state index in [0.29, 0.717) is 34.2 Å². The van der Waals surface area contributed by atoms with Gasteiger partial charge in [0.1, 0.15) is 0 Å². The van der Waals surface area contributed by atoms with Gasteiger partial charge in [0.25, 0.3) is 0 Å². The maximum Gasteiger partial charge on any atom is 0.0280 e. The van der Waals surface area contributed by atoms with Crippen molar-refractivity contribution < 1.29 is 0 Å². The molecule has 8 rings (SSSR count). The molecule has 41 heavy (non-hydrogen) atoms. The Bertz CT molecular complexity index is 930. The smallest absolute Gasteiger partial charge is 0.0280 e. The van der Waals surface area contributed by atoms with Gasteiger partial charge in [0, 0.05) is 20.7 Å². The molecule has 7 aliphatic carbocycles. The van der Waals surface area contributed by atoms with Gasteiger partial charge in [0.05, 0.1) is 0 Å². The van der Waals surface area contributed by atoms with Gasteiger partial charge >= 0.3 is 0 Å². The lowest BCUT2D eigenvalue weighted by atomic mass is 9.71. The lowest BCUT2D eigenvalue weighted by Crippen LogP contribution is -2.65. The van der Waals surface area contributed by atoms with Crippen molar-refractivity contribution in [1.29, 1.82) is 0 Å². The van der Waals surface area contributed by atoms with Gasteiger partial charge in [-0.1, -0.05) is 107 Å². The van der Waals surface area contributed by atoms with E-state index >= 15 is 0 Å². The number of rotatable bonds is 7. The minimum Gasteiger partial charge on any atom is -0.0565 e. The maximum atomic E-state index is 2.45. The summed E-state index contributed by atoms with van der Waals surface area (Å²) in [5, 5.41) is 0.858. The molecular formula is C35H64Si6. The average molecular weight is 653 g/mol. The molecule has 0 spiro atoms. The SMILES string of the molecule is C1CCC(C2=C(C3CCCC3)C(C3CCCC3)([SiH]3[SiH2][SiH2][SiH2][SiH2][SiH]3C3CCCC3)C(C3CCCC3)=C2C2CCCC2)C1. The Labute approximate surface area is 265 Å². The van der Waals surface area contributed by atoms with E-state index in [1.54, 1.807) is 154 Å². The van der Waals surface area contributed by atoms with E-state index in [0.717, 1.165) is 28.7 Å². The van der Waals surface area contributed by atoms with Gasteiger partial charge in [-0.3, -0.25) is 0 Å². The van der Waals surface area contributed by atoms with Gasteiger partial charge < -0.3 is 0 Å². The van der Waals surface area contributed by atoms with Crippen LogP contribution >= 0.6 is 0 Å². The van der Waals surface area contributed by atoms with Crippen LogP contribution in [-0.2, 0) is 0 Å². The van der Waals surface area contributed by atoms with Gasteiger partial charge in [-0.05, 0) is 139 Å². The first-order valence-corrected chi connectivity index (χ1v) is 42.3. The maximum absolute atomic E-state index is 2.45. The molecule has 1 heterocycles. The Morgan fingerprint density at radius 2 is 0.829 bits per heavy atom. The van der Waals surface area contributed by atoms with Crippen LogP contribution in [0.1, 0.15) is 154 Å². The largest absolute Gasteiger partial charge is 0.0565 e. The first-order chi connectivity index (χ1) is 20.4. The van der Waals surface area contributed by atoms with E-state index in [4.69, 9.17) is 0 Å². The Hall–Kier alpha value is 0.781. The molecule has 0 amide bonds. The predicted molar refractivity (Wildman–Crippen MR) is 197 cm³/mol. The summed E-state index contributed by atoms with van der Waals surface area (Å²) < 4.78 is 0. The summed E-state index contributed by atoms with van der Waals surface area (Å²) >= 11 is 0. The Kier molecular flexibility index (Phi) is 9.17. The number of allylic oxidation sites excluding steroid dienone is 4. The average Bonchev–Trinajstić information content (AvgIpc) is 3.85. The molecule has 2 unspecified atom stereocenters. The van der Waals surface area contributed by atoms with Gasteiger partial charge in [0.15, 0.2) is 0 Å². The molecule has 1 aliphatic heterocycles. The predicted octanol–water partition coefficient (Wildman–Crippen LogP) is 6.19. The van der Waals surface area contributed by atoms with Gasteiger partial charge in [-0.15, -0.1) is 0 Å². The second-order valence-electron chi connectivity index (χ2n) is 17.0. The van der Waals surface area contributed by atoms with Crippen molar-refractivity contribution in [3.8, 4) is 0 Å². The second-order valence-corrected chi connectivity index (χ2v) is 70.9. The summed E-state index contributed by atoms with van der Waals surface area (Å²) in [4.78, 5) is 0. The van der Waals surface area contributed by atoms with Crippen LogP contribution in [0.15, 0.2) is 22.3 Å². The highest BCUT2D eigenvalue weighted by atomic mass is 30.1. The van der Waals surface area contributed by atoms with E-state index in [9.17, 15) is 0 Å². The van der Waals surface area contributed by atoms with Crippen LogP contribution < -0.4 is 0 Å². The number of hydrogen-bond acceptors (Lipinski definition) is 0. The van der Waals surface area contributed by atoms with Crippen LogP contribution in [0.2, 0.25) is 10.6 Å². The van der Waals surface area contributed by atoms with Gasteiger partial charge in [0.2, 0.25) is 0 Å². The molecule has 6 saturated carbocycles. The van der Waals surface area contributed by atoms with Crippen molar-refractivity contribution in [3.63, 3.8) is 0 Å². The van der Waals surface area contributed by atoms with E-state index in [-0.39, 0.29) is 7.83 Å². The summed E-state index contributed by atoms with van der Waals surface area (Å²) in [5.74, 6) is 5.38. The van der Waals surface area contributed by atoms with Crippen LogP contribution in [0.3, 0.4) is 0 Å². The standard InChI is InChI=1S/C35H64Si6/c1-2-14-25(13-1)31-32(26-15-3-4-16-26)34(28-19-7-8-20-28)35(29-21-9-10-22-29,33(31)27-17-5-6-18-27)41-39-37-36-38-40(41)30-23-11-12-24-30/h25-30,40-41H,1-24,36-39H2. The minimum atomic E-state index is -0.607. The van der Waals surface area contributed by atoms with Crippen LogP contribution in [0.5, 0.6) is 0 Å². The van der Waals surface area contributed by atoms with Gasteiger partial charge in [-0.2, -0.15) is 0 Å². The molecular weight excluding hydrogens is 589 g/mol. The van der Waals surface area contributed by atoms with Crippen LogP contribution in [0.25, 0.3) is 0 Å². The fourth-order valence-corrected chi connectivity index (χ4v) is 265. The highest BCUT2D eigenvalue weighted by Gasteiger charge is 2.62. The monoisotopic (exact) mass is 652 g/mol. The third kappa shape index (κ3) is 5.09. The third-order valence-corrected chi connectivity index (χ3v) is 135.